The SMILES string of the molecule is CS(=O)(=O)c1ccc(Cn2nc(C(=O)Nc3ccc4c(c3)CS(=O)(=O)C4)c3ccccc32)cc1. The Morgan fingerprint density at radius 1 is 1.00 bits per heavy atom. The van der Waals surface area contributed by atoms with Gasteiger partial charge >= 0.3 is 0 Å². The molecule has 0 unspecified atom stereocenters. The van der Waals surface area contributed by atoms with Gasteiger partial charge in [-0.3, -0.25) is 9.48 Å². The summed E-state index contributed by atoms with van der Waals surface area (Å²) in [4.78, 5) is 13.3. The van der Waals surface area contributed by atoms with E-state index >= 15 is 0 Å². The van der Waals surface area contributed by atoms with Gasteiger partial charge in [0.05, 0.1) is 28.5 Å². The van der Waals surface area contributed by atoms with Crippen molar-refractivity contribution < 1.29 is 21.6 Å². The summed E-state index contributed by atoms with van der Waals surface area (Å²) in [6.07, 6.45) is 1.16. The molecule has 1 N–H and O–H groups in total. The van der Waals surface area contributed by atoms with Gasteiger partial charge in [-0.2, -0.15) is 5.10 Å². The van der Waals surface area contributed by atoms with Crippen LogP contribution in [0.5, 0.6) is 0 Å². The third-order valence-corrected chi connectivity index (χ3v) is 8.40. The molecule has 10 heteroatoms. The third kappa shape index (κ3) is 4.34. The molecular formula is C24H21N3O5S2. The molecule has 0 saturated carbocycles. The lowest BCUT2D eigenvalue weighted by Crippen LogP contribution is -2.14. The van der Waals surface area contributed by atoms with Crippen LogP contribution in [0.15, 0.2) is 71.6 Å². The first-order chi connectivity index (χ1) is 16.1. The van der Waals surface area contributed by atoms with Gasteiger partial charge in [-0.1, -0.05) is 36.4 Å². The number of sulfone groups is 2. The minimum absolute atomic E-state index is 0.0246. The molecule has 0 radical (unpaired) electrons. The molecule has 34 heavy (non-hydrogen) atoms. The molecule has 0 spiro atoms. The maximum atomic E-state index is 13.1. The van der Waals surface area contributed by atoms with E-state index in [4.69, 9.17) is 0 Å². The highest BCUT2D eigenvalue weighted by molar-refractivity contribution is 7.90. The number of nitrogens with zero attached hydrogens (tertiary/aromatic N) is 2. The molecular weight excluding hydrogens is 474 g/mol. The van der Waals surface area contributed by atoms with Gasteiger partial charge in [-0.05, 0) is 47.0 Å². The average Bonchev–Trinajstić information content (AvgIpc) is 3.29. The van der Waals surface area contributed by atoms with E-state index in [9.17, 15) is 21.6 Å². The smallest absolute Gasteiger partial charge is 0.276 e. The van der Waals surface area contributed by atoms with Crippen molar-refractivity contribution in [1.29, 1.82) is 0 Å². The van der Waals surface area contributed by atoms with Crippen LogP contribution in [0.25, 0.3) is 10.9 Å². The van der Waals surface area contributed by atoms with Gasteiger partial charge in [0.1, 0.15) is 0 Å². The van der Waals surface area contributed by atoms with E-state index in [-0.39, 0.29) is 22.1 Å². The highest BCUT2D eigenvalue weighted by atomic mass is 32.2. The summed E-state index contributed by atoms with van der Waals surface area (Å²) in [6.45, 7) is 0.356. The predicted octanol–water partition coefficient (Wildman–Crippen LogP) is 3.17. The number of benzene rings is 3. The van der Waals surface area contributed by atoms with Crippen molar-refractivity contribution >= 4 is 42.2 Å². The van der Waals surface area contributed by atoms with Crippen molar-refractivity contribution in [2.75, 3.05) is 11.6 Å². The number of aromatic nitrogens is 2. The second-order valence-electron chi connectivity index (χ2n) is 8.41. The maximum absolute atomic E-state index is 13.1. The quantitative estimate of drug-likeness (QED) is 0.455. The Morgan fingerprint density at radius 3 is 2.44 bits per heavy atom. The second-order valence-corrected chi connectivity index (χ2v) is 12.5. The van der Waals surface area contributed by atoms with Crippen LogP contribution in [-0.2, 0) is 37.7 Å². The zero-order valence-electron chi connectivity index (χ0n) is 18.2. The number of nitrogens with one attached hydrogen (secondary N) is 1. The van der Waals surface area contributed by atoms with E-state index in [0.29, 0.717) is 23.2 Å². The zero-order valence-corrected chi connectivity index (χ0v) is 19.9. The number of anilines is 1. The van der Waals surface area contributed by atoms with Crippen LogP contribution in [0.4, 0.5) is 5.69 Å². The summed E-state index contributed by atoms with van der Waals surface area (Å²) in [5, 5.41) is 8.05. The minimum atomic E-state index is -3.28. The van der Waals surface area contributed by atoms with Gasteiger partial charge in [-0.15, -0.1) is 0 Å². The van der Waals surface area contributed by atoms with Crippen LogP contribution in [0, 0.1) is 0 Å². The van der Waals surface area contributed by atoms with E-state index < -0.39 is 25.6 Å². The van der Waals surface area contributed by atoms with Crippen LogP contribution in [0.1, 0.15) is 27.2 Å². The first-order valence-corrected chi connectivity index (χ1v) is 14.2. The van der Waals surface area contributed by atoms with Crippen molar-refractivity contribution in [3.63, 3.8) is 0 Å². The fourth-order valence-corrected chi connectivity index (χ4v) is 6.36. The van der Waals surface area contributed by atoms with Gasteiger partial charge in [0, 0.05) is 17.3 Å². The summed E-state index contributed by atoms with van der Waals surface area (Å²) in [5.41, 5.74) is 3.82. The van der Waals surface area contributed by atoms with Crippen molar-refractivity contribution in [3.8, 4) is 0 Å². The van der Waals surface area contributed by atoms with E-state index in [1.165, 1.54) is 0 Å². The second kappa shape index (κ2) is 8.07. The molecule has 0 aliphatic carbocycles. The number of hydrogen-bond donors (Lipinski definition) is 1. The van der Waals surface area contributed by atoms with Crippen LogP contribution >= 0.6 is 0 Å². The molecule has 1 aliphatic rings. The standard InChI is InChI=1S/C24H21N3O5S2/c1-33(29,30)20-10-6-16(7-11-20)13-27-22-5-3-2-4-21(22)23(26-27)24(28)25-19-9-8-17-14-34(31,32)15-18(17)12-19/h2-12H,13-15H2,1H3,(H,25,28). The fraction of sp³-hybridized carbons (Fsp3) is 0.167. The maximum Gasteiger partial charge on any atom is 0.276 e. The monoisotopic (exact) mass is 495 g/mol. The van der Waals surface area contributed by atoms with E-state index in [1.54, 1.807) is 47.1 Å². The Balaban J connectivity index is 1.43. The summed E-state index contributed by atoms with van der Waals surface area (Å²) in [5.74, 6) is -0.401. The average molecular weight is 496 g/mol. The van der Waals surface area contributed by atoms with Gasteiger partial charge in [0.15, 0.2) is 25.4 Å². The number of rotatable bonds is 5. The molecule has 174 valence electrons. The van der Waals surface area contributed by atoms with Crippen molar-refractivity contribution in [1.82, 2.24) is 9.78 Å². The number of hydrogen-bond acceptors (Lipinski definition) is 6. The summed E-state index contributed by atoms with van der Waals surface area (Å²) >= 11 is 0. The molecule has 5 rings (SSSR count). The largest absolute Gasteiger partial charge is 0.321 e. The summed E-state index contributed by atoms with van der Waals surface area (Å²) in [7, 11) is -6.41. The van der Waals surface area contributed by atoms with E-state index in [1.807, 2.05) is 24.3 Å². The van der Waals surface area contributed by atoms with Crippen molar-refractivity contribution in [2.45, 2.75) is 22.9 Å². The zero-order chi connectivity index (χ0) is 24.1. The molecule has 1 aliphatic heterocycles. The molecule has 2 heterocycles. The molecule has 0 atom stereocenters. The molecule has 0 saturated heterocycles. The third-order valence-electron chi connectivity index (χ3n) is 5.77. The molecule has 1 aromatic heterocycles. The molecule has 3 aromatic carbocycles. The molecule has 1 amide bonds. The van der Waals surface area contributed by atoms with Gasteiger partial charge in [-0.25, -0.2) is 16.8 Å². The lowest BCUT2D eigenvalue weighted by atomic mass is 10.1. The number of fused-ring (bicyclic) bond motifs is 2. The Hall–Kier alpha value is -3.50. The number of carbonyl (C=O) groups is 1. The van der Waals surface area contributed by atoms with E-state index in [2.05, 4.69) is 10.4 Å². The Labute approximate surface area is 197 Å². The summed E-state index contributed by atoms with van der Waals surface area (Å²) in [6, 6.07) is 19.0. The summed E-state index contributed by atoms with van der Waals surface area (Å²) < 4.78 is 48.9. The van der Waals surface area contributed by atoms with Crippen molar-refractivity contribution in [3.05, 3.63) is 89.1 Å². The van der Waals surface area contributed by atoms with Gasteiger partial charge in [0.2, 0.25) is 0 Å². The van der Waals surface area contributed by atoms with E-state index in [0.717, 1.165) is 22.9 Å². The lowest BCUT2D eigenvalue weighted by molar-refractivity contribution is 0.102. The van der Waals surface area contributed by atoms with Crippen LogP contribution in [-0.4, -0.2) is 38.8 Å². The number of para-hydroxylation sites is 1. The van der Waals surface area contributed by atoms with Crippen LogP contribution in [0.3, 0.4) is 0 Å². The molecule has 0 bridgehead atoms. The lowest BCUT2D eigenvalue weighted by Gasteiger charge is -2.06. The predicted molar refractivity (Wildman–Crippen MR) is 129 cm³/mol. The first-order valence-electron chi connectivity index (χ1n) is 10.5. The normalized spacial score (nSPS) is 14.7. The van der Waals surface area contributed by atoms with Crippen molar-refractivity contribution in [2.24, 2.45) is 0 Å². The minimum Gasteiger partial charge on any atom is -0.321 e. The number of amides is 1. The van der Waals surface area contributed by atoms with Crippen LogP contribution in [0.2, 0.25) is 0 Å². The first kappa shape index (κ1) is 22.3. The molecule has 0 fully saturated rings. The fourth-order valence-electron chi connectivity index (χ4n) is 4.12. The topological polar surface area (TPSA) is 115 Å². The van der Waals surface area contributed by atoms with Crippen LogP contribution < -0.4 is 5.32 Å². The Bertz CT molecular complexity index is 1650. The number of carbonyl (C=O) groups excluding carboxylic acids is 1. The molecule has 8 nitrogen and oxygen atoms in total. The highest BCUT2D eigenvalue weighted by Gasteiger charge is 2.25. The Kier molecular flexibility index (Phi) is 5.29. The van der Waals surface area contributed by atoms with Gasteiger partial charge in [0.25, 0.3) is 5.91 Å². The van der Waals surface area contributed by atoms with Gasteiger partial charge < -0.3 is 5.32 Å². The molecule has 4 aromatic rings. The highest BCUT2D eigenvalue weighted by Crippen LogP contribution is 2.28. The Morgan fingerprint density at radius 2 is 1.71 bits per heavy atom.